The minimum atomic E-state index is -2.40. The normalized spacial score (nSPS) is 19.8. The molecule has 0 fully saturated rings. The maximum atomic E-state index is 14.7. The monoisotopic (exact) mass is 347 g/mol. The van der Waals surface area contributed by atoms with E-state index in [1.54, 1.807) is 6.07 Å². The van der Waals surface area contributed by atoms with Crippen molar-refractivity contribution >= 4 is 12.1 Å². The quantitative estimate of drug-likeness (QED) is 0.710. The Morgan fingerprint density at radius 1 is 1.48 bits per heavy atom. The summed E-state index contributed by atoms with van der Waals surface area (Å²) in [7, 11) is 0. The Kier molecular flexibility index (Phi) is 6.31. The predicted molar refractivity (Wildman–Crippen MR) is 97.4 cm³/mol. The van der Waals surface area contributed by atoms with Gasteiger partial charge in [0, 0.05) is 12.8 Å². The predicted octanol–water partition coefficient (Wildman–Crippen LogP) is 2.67. The number of nitrogens with two attached hydrogens (primary N) is 1. The molecule has 25 heavy (non-hydrogen) atoms. The van der Waals surface area contributed by atoms with E-state index in [1.807, 2.05) is 19.1 Å². The van der Waals surface area contributed by atoms with E-state index < -0.39 is 11.6 Å². The van der Waals surface area contributed by atoms with Crippen molar-refractivity contribution in [2.24, 2.45) is 16.6 Å². The number of rotatable bonds is 8. The highest BCUT2D eigenvalue weighted by Crippen LogP contribution is 2.30. The number of alkyl halides is 1. The molecule has 0 aliphatic carbocycles. The average molecular weight is 347 g/mol. The van der Waals surface area contributed by atoms with Crippen molar-refractivity contribution in [2.75, 3.05) is 13.1 Å². The van der Waals surface area contributed by atoms with Gasteiger partial charge in [0.25, 0.3) is 11.6 Å². The lowest BCUT2D eigenvalue weighted by atomic mass is 10.0. The van der Waals surface area contributed by atoms with Gasteiger partial charge in [0.05, 0.1) is 6.54 Å². The molecule has 6 heteroatoms. The fourth-order valence-electron chi connectivity index (χ4n) is 2.50. The van der Waals surface area contributed by atoms with Crippen LogP contribution in [-0.4, -0.2) is 30.9 Å². The summed E-state index contributed by atoms with van der Waals surface area (Å²) in [5.41, 5.74) is 4.75. The van der Waals surface area contributed by atoms with Gasteiger partial charge in [-0.2, -0.15) is 0 Å². The van der Waals surface area contributed by atoms with E-state index in [1.165, 1.54) is 12.3 Å². The lowest BCUT2D eigenvalue weighted by Crippen LogP contribution is -2.47. The number of dihydropyridines is 1. The largest absolute Gasteiger partial charge is 0.457 e. The first-order chi connectivity index (χ1) is 11.8. The molecule has 0 bridgehead atoms. The van der Waals surface area contributed by atoms with Crippen LogP contribution < -0.4 is 15.8 Å². The van der Waals surface area contributed by atoms with Gasteiger partial charge >= 0.3 is 0 Å². The number of primary amides is 1. The van der Waals surface area contributed by atoms with Crippen LogP contribution in [0.1, 0.15) is 31.4 Å². The molecule has 0 aromatic heterocycles. The second-order valence-corrected chi connectivity index (χ2v) is 6.75. The molecule has 1 atom stereocenters. The van der Waals surface area contributed by atoms with Gasteiger partial charge in [-0.25, -0.2) is 4.39 Å². The van der Waals surface area contributed by atoms with Crippen LogP contribution in [-0.2, 0) is 11.3 Å². The number of carbonyl (C=O) groups is 1. The molecule has 1 aliphatic rings. The first-order valence-corrected chi connectivity index (χ1v) is 8.50. The van der Waals surface area contributed by atoms with Gasteiger partial charge in [-0.15, -0.1) is 0 Å². The molecule has 5 nitrogen and oxygen atoms in total. The number of nitrogens with zero attached hydrogens (tertiary/aromatic N) is 1. The molecule has 1 aromatic carbocycles. The van der Waals surface area contributed by atoms with Crippen LogP contribution in [0, 0.1) is 12.8 Å². The molecule has 1 aromatic rings. The van der Waals surface area contributed by atoms with Crippen LogP contribution in [0.5, 0.6) is 5.75 Å². The molecule has 0 saturated carbocycles. The van der Waals surface area contributed by atoms with Crippen molar-refractivity contribution < 1.29 is 13.9 Å². The summed E-state index contributed by atoms with van der Waals surface area (Å²) in [5.74, 6) is -0.0561. The summed E-state index contributed by atoms with van der Waals surface area (Å²) in [6.45, 7) is 7.64. The van der Waals surface area contributed by atoms with E-state index in [4.69, 9.17) is 10.5 Å². The van der Waals surface area contributed by atoms with Crippen LogP contribution in [0.3, 0.4) is 0 Å². The molecule has 0 spiro atoms. The highest BCUT2D eigenvalue weighted by molar-refractivity contribution is 5.90. The van der Waals surface area contributed by atoms with Gasteiger partial charge in [-0.05, 0) is 49.1 Å². The number of hydrogen-bond acceptors (Lipinski definition) is 4. The summed E-state index contributed by atoms with van der Waals surface area (Å²) >= 11 is 0. The van der Waals surface area contributed by atoms with E-state index in [2.05, 4.69) is 24.2 Å². The zero-order valence-corrected chi connectivity index (χ0v) is 15.0. The Balaban J connectivity index is 2.04. The molecule has 0 saturated heterocycles. The van der Waals surface area contributed by atoms with Crippen LogP contribution >= 0.6 is 0 Å². The Morgan fingerprint density at radius 2 is 2.24 bits per heavy atom. The van der Waals surface area contributed by atoms with Crippen molar-refractivity contribution in [1.29, 1.82) is 0 Å². The minimum Gasteiger partial charge on any atom is -0.457 e. The van der Waals surface area contributed by atoms with Gasteiger partial charge in [-0.3, -0.25) is 9.79 Å². The number of aryl methyl sites for hydroxylation is 1. The van der Waals surface area contributed by atoms with Crippen LogP contribution in [0.2, 0.25) is 0 Å². The topological polar surface area (TPSA) is 76.7 Å². The van der Waals surface area contributed by atoms with Gasteiger partial charge in [0.1, 0.15) is 5.75 Å². The molecule has 1 heterocycles. The SMILES string of the molecule is Cc1cc(CNCCC(C)C)ccc1OC1=CC=NCC1(F)C(N)=O. The van der Waals surface area contributed by atoms with Crippen LogP contribution in [0.4, 0.5) is 4.39 Å². The van der Waals surface area contributed by atoms with E-state index in [9.17, 15) is 9.18 Å². The van der Waals surface area contributed by atoms with Crippen molar-refractivity contribution in [3.05, 3.63) is 41.2 Å². The number of halogens is 1. The van der Waals surface area contributed by atoms with Crippen molar-refractivity contribution in [2.45, 2.75) is 39.4 Å². The number of benzene rings is 1. The number of allylic oxidation sites excluding steroid dienone is 1. The van der Waals surface area contributed by atoms with E-state index in [0.29, 0.717) is 11.7 Å². The number of aliphatic imine (C=N–C) groups is 1. The highest BCUT2D eigenvalue weighted by atomic mass is 19.1. The summed E-state index contributed by atoms with van der Waals surface area (Å²) in [6, 6.07) is 5.69. The zero-order chi connectivity index (χ0) is 18.4. The average Bonchev–Trinajstić information content (AvgIpc) is 2.55. The number of hydrogen-bond donors (Lipinski definition) is 2. The second-order valence-electron chi connectivity index (χ2n) is 6.75. The van der Waals surface area contributed by atoms with E-state index in [-0.39, 0.29) is 12.3 Å². The summed E-state index contributed by atoms with van der Waals surface area (Å²) in [5, 5.41) is 3.40. The summed E-state index contributed by atoms with van der Waals surface area (Å²) in [4.78, 5) is 15.2. The van der Waals surface area contributed by atoms with Crippen LogP contribution in [0.15, 0.2) is 35.0 Å². The molecule has 2 rings (SSSR count). The standard InChI is InChI=1S/C19H26FN3O2/c1-13(2)6-8-22-11-15-4-5-16(14(3)10-15)25-17-7-9-23-12-19(17,20)18(21)24/h4-5,7,9-10,13,22H,6,8,11-12H2,1-3H3,(H2,21,24). The van der Waals surface area contributed by atoms with Crippen molar-refractivity contribution in [3.63, 3.8) is 0 Å². The molecule has 1 amide bonds. The fourth-order valence-corrected chi connectivity index (χ4v) is 2.50. The third kappa shape index (κ3) is 4.89. The van der Waals surface area contributed by atoms with E-state index in [0.717, 1.165) is 30.6 Å². The molecular weight excluding hydrogens is 321 g/mol. The first-order valence-electron chi connectivity index (χ1n) is 8.50. The number of amides is 1. The summed E-state index contributed by atoms with van der Waals surface area (Å²) < 4.78 is 20.4. The molecule has 0 radical (unpaired) electrons. The Hall–Kier alpha value is -2.21. The molecular formula is C19H26FN3O2. The third-order valence-electron chi connectivity index (χ3n) is 4.11. The van der Waals surface area contributed by atoms with Gasteiger partial charge in [0.15, 0.2) is 5.76 Å². The van der Waals surface area contributed by atoms with Crippen molar-refractivity contribution in [3.8, 4) is 5.75 Å². The highest BCUT2D eigenvalue weighted by Gasteiger charge is 2.44. The lowest BCUT2D eigenvalue weighted by molar-refractivity contribution is -0.128. The maximum absolute atomic E-state index is 14.7. The molecule has 136 valence electrons. The van der Waals surface area contributed by atoms with Crippen LogP contribution in [0.25, 0.3) is 0 Å². The zero-order valence-electron chi connectivity index (χ0n) is 15.0. The first kappa shape index (κ1) is 19.1. The lowest BCUT2D eigenvalue weighted by Gasteiger charge is -2.25. The maximum Gasteiger partial charge on any atom is 0.265 e. The van der Waals surface area contributed by atoms with Crippen molar-refractivity contribution in [1.82, 2.24) is 5.32 Å². The second kappa shape index (κ2) is 8.25. The molecule has 1 aliphatic heterocycles. The fraction of sp³-hybridized carbons (Fsp3) is 0.474. The molecule has 1 unspecified atom stereocenters. The van der Waals surface area contributed by atoms with Gasteiger partial charge in [-0.1, -0.05) is 26.0 Å². The number of ether oxygens (including phenoxy) is 1. The molecule has 3 N–H and O–H groups in total. The smallest absolute Gasteiger partial charge is 0.265 e. The number of nitrogens with one attached hydrogen (secondary N) is 1. The number of carbonyl (C=O) groups excluding carboxylic acids is 1. The van der Waals surface area contributed by atoms with E-state index >= 15 is 0 Å². The van der Waals surface area contributed by atoms with Gasteiger partial charge < -0.3 is 15.8 Å². The Labute approximate surface area is 148 Å². The minimum absolute atomic E-state index is 0.124. The Bertz CT molecular complexity index is 685. The van der Waals surface area contributed by atoms with Gasteiger partial charge in [0.2, 0.25) is 0 Å². The summed E-state index contributed by atoms with van der Waals surface area (Å²) in [6.07, 6.45) is 3.88. The third-order valence-corrected chi connectivity index (χ3v) is 4.11. The Morgan fingerprint density at radius 3 is 2.88 bits per heavy atom.